The Balaban J connectivity index is 0.000000121. The van der Waals surface area contributed by atoms with E-state index in [1.165, 1.54) is 69.1 Å². The number of carbonyl (C=O) groups excluding carboxylic acids is 1. The fraction of sp³-hybridized carbons (Fsp3) is 0.0811. The van der Waals surface area contributed by atoms with Gasteiger partial charge in [0.2, 0.25) is 0 Å². The van der Waals surface area contributed by atoms with Crippen LogP contribution in [0.4, 0.5) is 39.5 Å². The summed E-state index contributed by atoms with van der Waals surface area (Å²) >= 11 is 7.71. The highest BCUT2D eigenvalue weighted by Gasteiger charge is 2.24. The van der Waals surface area contributed by atoms with Gasteiger partial charge in [-0.25, -0.2) is 111 Å². The Bertz CT molecular complexity index is 6130. The predicted octanol–water partition coefficient (Wildman–Crippen LogP) is 15.5. The molecule has 25 nitrogen and oxygen atoms in total. The molecule has 0 bridgehead atoms. The number of aldehydes is 1. The number of fused-ring (bicyclic) bond motifs is 6. The number of hydrogen-bond acceptors (Lipinski definition) is 16. The third-order valence-corrected chi connectivity index (χ3v) is 16.8. The molecule has 0 aliphatic rings. The largest absolute Gasteiger partial charge is 0.323 e. The maximum Gasteiger partial charge on any atom is 0.256 e. The summed E-state index contributed by atoms with van der Waals surface area (Å²) in [4.78, 5) is 47.7. The van der Waals surface area contributed by atoms with Crippen LogP contribution in [-0.4, -0.2) is 142 Å². The zero-order valence-electron chi connectivity index (χ0n) is 56.7. The molecule has 0 fully saturated rings. The van der Waals surface area contributed by atoms with Crippen LogP contribution >= 0.6 is 34.2 Å². The van der Waals surface area contributed by atoms with Crippen LogP contribution in [0.25, 0.3) is 114 Å². The summed E-state index contributed by atoms with van der Waals surface area (Å²) in [6, 6.07) is 38.2. The van der Waals surface area contributed by atoms with Crippen molar-refractivity contribution in [1.82, 2.24) is 116 Å². The Kier molecular flexibility index (Phi) is 23.1. The van der Waals surface area contributed by atoms with Crippen molar-refractivity contribution in [1.29, 1.82) is 0 Å². The van der Waals surface area contributed by atoms with Crippen molar-refractivity contribution in [3.63, 3.8) is 0 Å². The minimum Gasteiger partial charge on any atom is -0.323 e. The summed E-state index contributed by atoms with van der Waals surface area (Å²) in [5, 5.41) is 26.0. The zero-order valence-corrected chi connectivity index (χ0v) is 59.6. The Morgan fingerprint density at radius 3 is 1.15 bits per heavy atom. The first-order chi connectivity index (χ1) is 53.4. The molecule has 0 atom stereocenters. The van der Waals surface area contributed by atoms with Crippen LogP contribution < -0.4 is 0 Å². The van der Waals surface area contributed by atoms with E-state index in [0.29, 0.717) is 108 Å². The third-order valence-electron chi connectivity index (χ3n) is 15.9. The minimum absolute atomic E-state index is 0.379. The second-order valence-electron chi connectivity index (χ2n) is 23.1. The molecular formula is C74H53ClF9IN24O. The lowest BCUT2D eigenvalue weighted by molar-refractivity contribution is 0.111. The molecule has 15 aromatic heterocycles. The van der Waals surface area contributed by atoms with Gasteiger partial charge in [0.1, 0.15) is 49.1 Å². The molecule has 36 heteroatoms. The minimum atomic E-state index is -2.56. The van der Waals surface area contributed by atoms with Crippen molar-refractivity contribution in [2.75, 3.05) is 0 Å². The van der Waals surface area contributed by atoms with Gasteiger partial charge >= 0.3 is 0 Å². The number of nitrogens with zero attached hydrogens (tertiary/aromatic N) is 24. The molecule has 18 rings (SSSR count). The van der Waals surface area contributed by atoms with Gasteiger partial charge in [-0.2, -0.15) is 30.6 Å². The summed E-state index contributed by atoms with van der Waals surface area (Å²) < 4.78 is 132. The Morgan fingerprint density at radius 2 is 0.736 bits per heavy atom. The summed E-state index contributed by atoms with van der Waals surface area (Å²) in [5.41, 5.74) is 12.2. The van der Waals surface area contributed by atoms with Crippen LogP contribution in [0.5, 0.6) is 0 Å². The van der Waals surface area contributed by atoms with Crippen molar-refractivity contribution in [3.8, 4) is 67.9 Å². The van der Waals surface area contributed by atoms with E-state index >= 15 is 0 Å². The highest BCUT2D eigenvalue weighted by atomic mass is 127. The monoisotopic (exact) mass is 1630 g/mol. The summed E-state index contributed by atoms with van der Waals surface area (Å²) in [5.74, 6) is -1.15. The van der Waals surface area contributed by atoms with Crippen molar-refractivity contribution >= 4 is 86.5 Å². The van der Waals surface area contributed by atoms with Crippen LogP contribution in [0.1, 0.15) is 21.9 Å². The second kappa shape index (κ2) is 34.0. The van der Waals surface area contributed by atoms with E-state index in [1.54, 1.807) is 186 Å². The van der Waals surface area contributed by atoms with Gasteiger partial charge in [-0.05, 0) is 180 Å². The Labute approximate surface area is 633 Å². The Hall–Kier alpha value is -13.5. The molecule has 0 spiro atoms. The van der Waals surface area contributed by atoms with E-state index in [2.05, 4.69) is 111 Å². The Morgan fingerprint density at radius 1 is 0.382 bits per heavy atom. The quantitative estimate of drug-likeness (QED) is 0.0525. The van der Waals surface area contributed by atoms with Crippen LogP contribution in [-0.2, 0) is 19.6 Å². The summed E-state index contributed by atoms with van der Waals surface area (Å²) in [6.07, 6.45) is 17.3. The van der Waals surface area contributed by atoms with E-state index in [1.807, 2.05) is 24.4 Å². The summed E-state index contributed by atoms with van der Waals surface area (Å²) in [7, 11) is 0. The molecule has 552 valence electrons. The van der Waals surface area contributed by atoms with Gasteiger partial charge < -0.3 is 13.7 Å². The van der Waals surface area contributed by atoms with Gasteiger partial charge in [0.05, 0.1) is 96.6 Å². The van der Waals surface area contributed by atoms with Gasteiger partial charge in [0.15, 0.2) is 40.2 Å². The molecule has 0 saturated carbocycles. The average molecular weight is 1630 g/mol. The fourth-order valence-electron chi connectivity index (χ4n) is 11.0. The first kappa shape index (κ1) is 74.8. The number of carbonyl (C=O) groups is 1. The van der Waals surface area contributed by atoms with E-state index in [9.17, 15) is 44.3 Å². The van der Waals surface area contributed by atoms with Crippen molar-refractivity contribution in [3.05, 3.63) is 283 Å². The second-order valence-corrected chi connectivity index (χ2v) is 24.5. The van der Waals surface area contributed by atoms with Crippen LogP contribution in [0.3, 0.4) is 0 Å². The molecule has 110 heavy (non-hydrogen) atoms. The molecule has 0 N–H and O–H groups in total. The standard InChI is InChI=1S/C19H14F3N5.C17H11F3IN5.C17H12F3N5.C8H7N3.C7H5N3O.C6H4ClN3/c1-2-14-9-23-17-8-7-15(25-27(14)17)19-18(12-3-5-13(20)6-4-12)24-11-26(19)10-16(21)22;18-11-3-1-10(2-4-11)16-17(25(9-23-16)8-13(19)20)12-5-6-15-22-7-14(21)26(15)24-12;18-12-3-1-11(2-4-12)16-17(24(10-22-16)9-14(19)20)13-5-6-15-21-7-8-25(15)23-13;1-2-7-3-4-8-9-5-6-11(8)10-7;11-5-6-1-2-7-8-3-4-10(7)9-6;7-5-1-2-6-8-3-4-10(6)9-5/h2-9,11,16H,1,10H2;1-7,9,13H,8H2;1-8,10,14H,9H2;2-6H,1H2;1-5H;1-4H. The van der Waals surface area contributed by atoms with Crippen molar-refractivity contribution in [2.45, 2.75) is 38.9 Å². The lowest BCUT2D eigenvalue weighted by Crippen LogP contribution is -2.08. The van der Waals surface area contributed by atoms with Gasteiger partial charge in [0, 0.05) is 66.3 Å². The number of rotatable bonds is 15. The molecule has 0 aliphatic heterocycles. The van der Waals surface area contributed by atoms with Crippen LogP contribution in [0.15, 0.2) is 240 Å². The van der Waals surface area contributed by atoms with Gasteiger partial charge in [-0.3, -0.25) is 4.79 Å². The average Bonchev–Trinajstić information content (AvgIpc) is 1.62. The van der Waals surface area contributed by atoms with Gasteiger partial charge in [-0.1, -0.05) is 24.8 Å². The molecular weight excluding hydrogens is 1570 g/mol. The smallest absolute Gasteiger partial charge is 0.256 e. The fourth-order valence-corrected chi connectivity index (χ4v) is 11.6. The predicted molar refractivity (Wildman–Crippen MR) is 399 cm³/mol. The van der Waals surface area contributed by atoms with E-state index in [4.69, 9.17) is 11.6 Å². The number of hydrogen-bond donors (Lipinski definition) is 0. The van der Waals surface area contributed by atoms with Crippen molar-refractivity contribution < 1.29 is 44.3 Å². The number of benzene rings is 3. The number of aromatic nitrogens is 24. The number of halogens is 11. The topological polar surface area (TPSA) is 252 Å². The molecule has 0 amide bonds. The third kappa shape index (κ3) is 17.5. The van der Waals surface area contributed by atoms with Crippen LogP contribution in [0.2, 0.25) is 5.15 Å². The van der Waals surface area contributed by atoms with E-state index in [-0.39, 0.29) is 17.5 Å². The molecule has 0 unspecified atom stereocenters. The molecule has 3 aromatic carbocycles. The lowest BCUT2D eigenvalue weighted by Gasteiger charge is -2.10. The zero-order chi connectivity index (χ0) is 77.0. The molecule has 0 saturated heterocycles. The molecule has 18 aromatic rings. The molecule has 0 radical (unpaired) electrons. The van der Waals surface area contributed by atoms with Gasteiger partial charge in [0.25, 0.3) is 19.3 Å². The number of imidazole rings is 9. The molecule has 0 aliphatic carbocycles. The summed E-state index contributed by atoms with van der Waals surface area (Å²) in [6.45, 7) is 5.81. The van der Waals surface area contributed by atoms with Gasteiger partial charge in [-0.15, -0.1) is 0 Å². The first-order valence-corrected chi connectivity index (χ1v) is 34.0. The maximum absolute atomic E-state index is 13.3. The van der Waals surface area contributed by atoms with E-state index in [0.717, 1.165) is 26.3 Å². The van der Waals surface area contributed by atoms with Crippen molar-refractivity contribution in [2.24, 2.45) is 0 Å². The van der Waals surface area contributed by atoms with E-state index < -0.39 is 38.9 Å². The lowest BCUT2D eigenvalue weighted by atomic mass is 10.1. The SMILES string of the molecule is C=Cc1ccc2nccn2n1.C=Cc1cnc2ccc(-c3c(-c4ccc(F)cc4)ncn3CC(F)F)nn12.Clc1ccc2nccn2n1.Fc1ccc(-c2ncn(CC(F)F)c2-c2ccc3ncc(I)n3n2)cc1.Fc1ccc(-c2ncn(CC(F)F)c2-c2ccc3nccn3n2)cc1.O=Cc1ccc2nccn2n1. The first-order valence-electron chi connectivity index (χ1n) is 32.6. The molecule has 15 heterocycles. The maximum atomic E-state index is 13.3. The number of alkyl halides is 6. The highest BCUT2D eigenvalue weighted by molar-refractivity contribution is 14.1. The normalized spacial score (nSPS) is 11.1. The highest BCUT2D eigenvalue weighted by Crippen LogP contribution is 2.35. The van der Waals surface area contributed by atoms with Crippen LogP contribution in [0, 0.1) is 21.2 Å².